The fourth-order valence-corrected chi connectivity index (χ4v) is 1.77. The van der Waals surface area contributed by atoms with Crippen LogP contribution in [0.15, 0.2) is 0 Å². The van der Waals surface area contributed by atoms with Crippen molar-refractivity contribution in [2.45, 2.75) is 25.7 Å². The van der Waals surface area contributed by atoms with Gasteiger partial charge in [-0.2, -0.15) is 5.26 Å². The standard InChI is InChI=1S/C10H16N2O2.ClH/c1-14-9(13)2-3-10(8-11)4-6-12-7-5-10;/h12H,2-7H2,1H3;1H. The van der Waals surface area contributed by atoms with Crippen molar-refractivity contribution in [2.24, 2.45) is 5.41 Å². The van der Waals surface area contributed by atoms with Gasteiger partial charge in [-0.1, -0.05) is 0 Å². The first-order valence-corrected chi connectivity index (χ1v) is 4.91. The van der Waals surface area contributed by atoms with Crippen LogP contribution in [0.3, 0.4) is 0 Å². The molecule has 1 saturated heterocycles. The van der Waals surface area contributed by atoms with E-state index in [0.29, 0.717) is 12.8 Å². The molecule has 1 aliphatic rings. The highest BCUT2D eigenvalue weighted by atomic mass is 35.5. The third-order valence-electron chi connectivity index (χ3n) is 2.83. The predicted molar refractivity (Wildman–Crippen MR) is 58.6 cm³/mol. The third kappa shape index (κ3) is 4.06. The lowest BCUT2D eigenvalue weighted by Crippen LogP contribution is -2.36. The molecule has 0 saturated carbocycles. The molecule has 1 rings (SSSR count). The van der Waals surface area contributed by atoms with Gasteiger partial charge in [0, 0.05) is 6.42 Å². The highest BCUT2D eigenvalue weighted by molar-refractivity contribution is 5.85. The van der Waals surface area contributed by atoms with Crippen molar-refractivity contribution in [3.63, 3.8) is 0 Å². The van der Waals surface area contributed by atoms with Crippen molar-refractivity contribution in [3.8, 4) is 6.07 Å². The Morgan fingerprint density at radius 2 is 2.13 bits per heavy atom. The Labute approximate surface area is 96.4 Å². The molecular weight excluding hydrogens is 216 g/mol. The summed E-state index contributed by atoms with van der Waals surface area (Å²) in [4.78, 5) is 11.0. The number of carbonyl (C=O) groups excluding carboxylic acids is 1. The van der Waals surface area contributed by atoms with Crippen molar-refractivity contribution in [1.29, 1.82) is 5.26 Å². The molecule has 0 spiro atoms. The second-order valence-electron chi connectivity index (χ2n) is 3.72. The fraction of sp³-hybridized carbons (Fsp3) is 0.800. The van der Waals surface area contributed by atoms with Crippen LogP contribution in [-0.2, 0) is 9.53 Å². The first kappa shape index (κ1) is 14.2. The minimum atomic E-state index is -0.306. The van der Waals surface area contributed by atoms with Gasteiger partial charge in [0.15, 0.2) is 0 Å². The maximum absolute atomic E-state index is 11.0. The Hall–Kier alpha value is -0.790. The van der Waals surface area contributed by atoms with E-state index in [0.717, 1.165) is 25.9 Å². The second-order valence-corrected chi connectivity index (χ2v) is 3.72. The van der Waals surface area contributed by atoms with Gasteiger partial charge in [0.1, 0.15) is 0 Å². The van der Waals surface area contributed by atoms with E-state index < -0.39 is 0 Å². The minimum Gasteiger partial charge on any atom is -0.469 e. The number of nitrogens with zero attached hydrogens (tertiary/aromatic N) is 1. The maximum atomic E-state index is 11.0. The molecule has 4 nitrogen and oxygen atoms in total. The Balaban J connectivity index is 0.00000196. The van der Waals surface area contributed by atoms with E-state index in [-0.39, 0.29) is 23.8 Å². The molecule has 86 valence electrons. The van der Waals surface area contributed by atoms with Gasteiger partial charge >= 0.3 is 5.97 Å². The number of methoxy groups -OCH3 is 1. The van der Waals surface area contributed by atoms with Gasteiger partial charge in [-0.25, -0.2) is 0 Å². The lowest BCUT2D eigenvalue weighted by molar-refractivity contribution is -0.141. The molecule has 0 aliphatic carbocycles. The summed E-state index contributed by atoms with van der Waals surface area (Å²) in [6.07, 6.45) is 2.64. The van der Waals surface area contributed by atoms with Crippen molar-refractivity contribution in [3.05, 3.63) is 0 Å². The van der Waals surface area contributed by atoms with Gasteiger partial charge in [-0.3, -0.25) is 4.79 Å². The first-order chi connectivity index (χ1) is 6.72. The van der Waals surface area contributed by atoms with Crippen LogP contribution in [0.4, 0.5) is 0 Å². The van der Waals surface area contributed by atoms with Crippen LogP contribution in [0.1, 0.15) is 25.7 Å². The van der Waals surface area contributed by atoms with Crippen molar-refractivity contribution < 1.29 is 9.53 Å². The molecule has 5 heteroatoms. The number of halogens is 1. The molecule has 0 bridgehead atoms. The predicted octanol–water partition coefficient (Wildman–Crippen LogP) is 1.25. The number of ether oxygens (including phenoxy) is 1. The molecule has 1 fully saturated rings. The van der Waals surface area contributed by atoms with E-state index in [1.54, 1.807) is 0 Å². The van der Waals surface area contributed by atoms with Crippen LogP contribution in [0.25, 0.3) is 0 Å². The van der Waals surface area contributed by atoms with E-state index in [1.165, 1.54) is 7.11 Å². The van der Waals surface area contributed by atoms with Gasteiger partial charge < -0.3 is 10.1 Å². The van der Waals surface area contributed by atoms with Crippen molar-refractivity contribution in [1.82, 2.24) is 5.32 Å². The number of nitrogens with one attached hydrogen (secondary N) is 1. The molecule has 0 aromatic heterocycles. The van der Waals surface area contributed by atoms with Gasteiger partial charge in [0.25, 0.3) is 0 Å². The summed E-state index contributed by atoms with van der Waals surface area (Å²) in [6.45, 7) is 1.74. The molecule has 0 amide bonds. The first-order valence-electron chi connectivity index (χ1n) is 4.91. The van der Waals surface area contributed by atoms with Crippen LogP contribution in [-0.4, -0.2) is 26.2 Å². The molecule has 0 aromatic carbocycles. The Bertz CT molecular complexity index is 244. The molecule has 0 aromatic rings. The van der Waals surface area contributed by atoms with Crippen molar-refractivity contribution in [2.75, 3.05) is 20.2 Å². The molecule has 1 N–H and O–H groups in total. The maximum Gasteiger partial charge on any atom is 0.305 e. The topological polar surface area (TPSA) is 62.1 Å². The SMILES string of the molecule is COC(=O)CCC1(C#N)CCNCC1.Cl. The highest BCUT2D eigenvalue weighted by Gasteiger charge is 2.32. The summed E-state index contributed by atoms with van der Waals surface area (Å²) in [7, 11) is 1.38. The number of carbonyl (C=O) groups is 1. The lowest BCUT2D eigenvalue weighted by atomic mass is 9.77. The van der Waals surface area contributed by atoms with E-state index in [1.807, 2.05) is 0 Å². The minimum absolute atomic E-state index is 0. The quantitative estimate of drug-likeness (QED) is 0.744. The van der Waals surface area contributed by atoms with Crippen LogP contribution in [0.5, 0.6) is 0 Å². The molecule has 15 heavy (non-hydrogen) atoms. The second kappa shape index (κ2) is 6.65. The number of hydrogen-bond donors (Lipinski definition) is 1. The normalized spacial score (nSPS) is 18.4. The monoisotopic (exact) mass is 232 g/mol. The average molecular weight is 233 g/mol. The van der Waals surface area contributed by atoms with E-state index in [9.17, 15) is 4.79 Å². The number of piperidine rings is 1. The molecule has 0 radical (unpaired) electrons. The van der Waals surface area contributed by atoms with Gasteiger partial charge in [0.2, 0.25) is 0 Å². The highest BCUT2D eigenvalue weighted by Crippen LogP contribution is 2.32. The Kier molecular flexibility index (Phi) is 6.30. The van der Waals surface area contributed by atoms with Crippen LogP contribution >= 0.6 is 12.4 Å². The number of nitriles is 1. The van der Waals surface area contributed by atoms with E-state index >= 15 is 0 Å². The molecule has 0 atom stereocenters. The molecule has 1 aliphatic heterocycles. The van der Waals surface area contributed by atoms with Crippen molar-refractivity contribution >= 4 is 18.4 Å². The summed E-state index contributed by atoms with van der Waals surface area (Å²) in [6, 6.07) is 2.35. The van der Waals surface area contributed by atoms with Crippen LogP contribution < -0.4 is 5.32 Å². The number of esters is 1. The lowest BCUT2D eigenvalue weighted by Gasteiger charge is -2.30. The summed E-state index contributed by atoms with van der Waals surface area (Å²) < 4.78 is 4.57. The van der Waals surface area contributed by atoms with E-state index in [2.05, 4.69) is 16.1 Å². The Morgan fingerprint density at radius 3 is 2.60 bits per heavy atom. The zero-order valence-electron chi connectivity index (χ0n) is 8.91. The molecule has 1 heterocycles. The average Bonchev–Trinajstić information content (AvgIpc) is 2.27. The van der Waals surface area contributed by atoms with Gasteiger partial charge in [-0.05, 0) is 32.4 Å². The number of hydrogen-bond acceptors (Lipinski definition) is 4. The smallest absolute Gasteiger partial charge is 0.305 e. The fourth-order valence-electron chi connectivity index (χ4n) is 1.77. The summed E-state index contributed by atoms with van der Waals surface area (Å²) >= 11 is 0. The zero-order chi connectivity index (χ0) is 10.4. The number of rotatable bonds is 3. The van der Waals surface area contributed by atoms with Crippen LogP contribution in [0.2, 0.25) is 0 Å². The summed E-state index contributed by atoms with van der Waals surface area (Å²) in [5.74, 6) is -0.224. The zero-order valence-corrected chi connectivity index (χ0v) is 9.73. The Morgan fingerprint density at radius 1 is 1.53 bits per heavy atom. The summed E-state index contributed by atoms with van der Waals surface area (Å²) in [5.41, 5.74) is -0.306. The van der Waals surface area contributed by atoms with E-state index in [4.69, 9.17) is 5.26 Å². The van der Waals surface area contributed by atoms with Crippen LogP contribution in [0, 0.1) is 16.7 Å². The summed E-state index contributed by atoms with van der Waals surface area (Å²) in [5, 5.41) is 12.3. The molecular formula is C10H17ClN2O2. The van der Waals surface area contributed by atoms with Gasteiger partial charge in [0.05, 0.1) is 18.6 Å². The largest absolute Gasteiger partial charge is 0.469 e. The molecule has 0 unspecified atom stereocenters. The third-order valence-corrected chi connectivity index (χ3v) is 2.83. The van der Waals surface area contributed by atoms with Gasteiger partial charge in [-0.15, -0.1) is 12.4 Å².